The van der Waals surface area contributed by atoms with Crippen LogP contribution < -0.4 is 4.74 Å². The summed E-state index contributed by atoms with van der Waals surface area (Å²) in [6.45, 7) is 1.44. The van der Waals surface area contributed by atoms with Crippen molar-refractivity contribution in [2.75, 3.05) is 6.61 Å². The van der Waals surface area contributed by atoms with Crippen molar-refractivity contribution in [2.45, 2.75) is 32.0 Å². The lowest BCUT2D eigenvalue weighted by molar-refractivity contribution is -0.137. The standard InChI is InChI=1S/C24H23F3O4/c1-15(22(30)14-28)5-12-21(29)17-6-11-20-16(13-17)3-2-4-23(20)31-19-9-7-18(8-10-19)24(25,26)27/h2-4,6-11,13,15,22,28,30H,5,12,14H2,1H3/t15-,22-/m0/s1. The van der Waals surface area contributed by atoms with Gasteiger partial charge in [-0.15, -0.1) is 0 Å². The van der Waals surface area contributed by atoms with E-state index in [4.69, 9.17) is 9.84 Å². The molecule has 0 spiro atoms. The van der Waals surface area contributed by atoms with E-state index in [1.165, 1.54) is 12.1 Å². The number of halogens is 3. The van der Waals surface area contributed by atoms with E-state index in [2.05, 4.69) is 0 Å². The van der Waals surface area contributed by atoms with E-state index in [9.17, 15) is 23.1 Å². The fourth-order valence-corrected chi connectivity index (χ4v) is 3.23. The molecule has 0 fully saturated rings. The zero-order chi connectivity index (χ0) is 22.6. The van der Waals surface area contributed by atoms with E-state index in [0.29, 0.717) is 17.7 Å². The van der Waals surface area contributed by atoms with Crippen LogP contribution in [0.3, 0.4) is 0 Å². The van der Waals surface area contributed by atoms with Gasteiger partial charge in [-0.3, -0.25) is 4.79 Å². The van der Waals surface area contributed by atoms with Crippen LogP contribution in [0.15, 0.2) is 60.7 Å². The summed E-state index contributed by atoms with van der Waals surface area (Å²) < 4.78 is 43.9. The monoisotopic (exact) mass is 432 g/mol. The summed E-state index contributed by atoms with van der Waals surface area (Å²) in [6, 6.07) is 14.9. The number of aliphatic hydroxyl groups is 2. The molecule has 2 atom stereocenters. The summed E-state index contributed by atoms with van der Waals surface area (Å²) in [5.41, 5.74) is -0.230. The first-order valence-electron chi connectivity index (χ1n) is 9.89. The van der Waals surface area contributed by atoms with Gasteiger partial charge in [0.15, 0.2) is 5.78 Å². The first kappa shape index (κ1) is 22.8. The van der Waals surface area contributed by atoms with Crippen molar-refractivity contribution in [3.05, 3.63) is 71.8 Å². The third-order valence-corrected chi connectivity index (χ3v) is 5.24. The minimum Gasteiger partial charge on any atom is -0.457 e. The number of ketones is 1. The normalized spacial score (nSPS) is 13.7. The van der Waals surface area contributed by atoms with E-state index in [0.717, 1.165) is 22.9 Å². The molecule has 0 heterocycles. The van der Waals surface area contributed by atoms with E-state index in [1.807, 2.05) is 6.07 Å². The van der Waals surface area contributed by atoms with Crippen molar-refractivity contribution in [2.24, 2.45) is 5.92 Å². The van der Waals surface area contributed by atoms with Crippen LogP contribution in [0.25, 0.3) is 10.8 Å². The number of carbonyl (C=O) groups excluding carboxylic acids is 1. The van der Waals surface area contributed by atoms with Crippen molar-refractivity contribution in [1.29, 1.82) is 0 Å². The highest BCUT2D eigenvalue weighted by Gasteiger charge is 2.30. The van der Waals surface area contributed by atoms with Crippen LogP contribution in [0, 0.1) is 5.92 Å². The van der Waals surface area contributed by atoms with E-state index in [-0.39, 0.29) is 30.5 Å². The summed E-state index contributed by atoms with van der Waals surface area (Å²) in [7, 11) is 0. The van der Waals surface area contributed by atoms with Crippen molar-refractivity contribution in [1.82, 2.24) is 0 Å². The molecular weight excluding hydrogens is 409 g/mol. The summed E-state index contributed by atoms with van der Waals surface area (Å²) in [5.74, 6) is 0.471. The van der Waals surface area contributed by atoms with Gasteiger partial charge < -0.3 is 14.9 Å². The molecule has 0 aromatic heterocycles. The van der Waals surface area contributed by atoms with E-state index in [1.54, 1.807) is 37.3 Å². The molecule has 0 saturated heterocycles. The molecule has 0 aliphatic carbocycles. The Labute approximate surface area is 177 Å². The van der Waals surface area contributed by atoms with Gasteiger partial charge in [-0.25, -0.2) is 0 Å². The topological polar surface area (TPSA) is 66.8 Å². The summed E-state index contributed by atoms with van der Waals surface area (Å²) >= 11 is 0. The van der Waals surface area contributed by atoms with Gasteiger partial charge >= 0.3 is 6.18 Å². The van der Waals surface area contributed by atoms with Gasteiger partial charge in [0.25, 0.3) is 0 Å². The van der Waals surface area contributed by atoms with Gasteiger partial charge in [0.2, 0.25) is 0 Å². The number of hydrogen-bond acceptors (Lipinski definition) is 4. The molecule has 0 amide bonds. The fourth-order valence-electron chi connectivity index (χ4n) is 3.23. The number of carbonyl (C=O) groups is 1. The van der Waals surface area contributed by atoms with Gasteiger partial charge in [-0.1, -0.05) is 25.1 Å². The van der Waals surface area contributed by atoms with Gasteiger partial charge in [-0.2, -0.15) is 13.2 Å². The van der Waals surface area contributed by atoms with Crippen molar-refractivity contribution >= 4 is 16.6 Å². The highest BCUT2D eigenvalue weighted by atomic mass is 19.4. The maximum Gasteiger partial charge on any atom is 0.416 e. The Morgan fingerprint density at radius 2 is 1.77 bits per heavy atom. The van der Waals surface area contributed by atoms with Crippen molar-refractivity contribution in [3.63, 3.8) is 0 Å². The number of rotatable bonds is 8. The van der Waals surface area contributed by atoms with Crippen molar-refractivity contribution in [3.8, 4) is 11.5 Å². The lowest BCUT2D eigenvalue weighted by atomic mass is 9.95. The largest absolute Gasteiger partial charge is 0.457 e. The van der Waals surface area contributed by atoms with Gasteiger partial charge in [-0.05, 0) is 60.2 Å². The Hall–Kier alpha value is -2.90. The number of hydrogen-bond donors (Lipinski definition) is 2. The summed E-state index contributed by atoms with van der Waals surface area (Å²) in [4.78, 5) is 12.5. The molecule has 164 valence electrons. The maximum atomic E-state index is 12.7. The minimum atomic E-state index is -4.41. The van der Waals surface area contributed by atoms with Crippen LogP contribution in [0.4, 0.5) is 13.2 Å². The SMILES string of the molecule is C[C@@H](CCC(=O)c1ccc2c(Oc3ccc(C(F)(F)F)cc3)cccc2c1)[C@@H](O)CO. The number of ether oxygens (including phenoxy) is 1. The molecule has 3 aromatic carbocycles. The molecule has 0 aliphatic heterocycles. The Kier molecular flexibility index (Phi) is 6.97. The van der Waals surface area contributed by atoms with Gasteiger partial charge in [0, 0.05) is 17.4 Å². The number of Topliss-reactive ketones (excluding diaryl/α,β-unsaturated/α-hetero) is 1. The zero-order valence-electron chi connectivity index (χ0n) is 16.9. The molecule has 4 nitrogen and oxygen atoms in total. The minimum absolute atomic E-state index is 0.0760. The Morgan fingerprint density at radius 1 is 1.06 bits per heavy atom. The second-order valence-corrected chi connectivity index (χ2v) is 7.51. The van der Waals surface area contributed by atoms with Crippen LogP contribution in [-0.4, -0.2) is 28.7 Å². The Morgan fingerprint density at radius 3 is 2.42 bits per heavy atom. The molecule has 0 aliphatic rings. The number of alkyl halides is 3. The fraction of sp³-hybridized carbons (Fsp3) is 0.292. The van der Waals surface area contributed by atoms with E-state index < -0.39 is 17.8 Å². The molecular formula is C24H23F3O4. The molecule has 0 radical (unpaired) electrons. The highest BCUT2D eigenvalue weighted by molar-refractivity contribution is 6.01. The number of fused-ring (bicyclic) bond motifs is 1. The van der Waals surface area contributed by atoms with Gasteiger partial charge in [0.05, 0.1) is 18.3 Å². The smallest absolute Gasteiger partial charge is 0.416 e. The second kappa shape index (κ2) is 9.49. The zero-order valence-corrected chi connectivity index (χ0v) is 16.9. The average molecular weight is 432 g/mol. The van der Waals surface area contributed by atoms with E-state index >= 15 is 0 Å². The third kappa shape index (κ3) is 5.62. The predicted molar refractivity (Wildman–Crippen MR) is 111 cm³/mol. The van der Waals surface area contributed by atoms with Crippen LogP contribution in [0.2, 0.25) is 0 Å². The van der Waals surface area contributed by atoms with Crippen molar-refractivity contribution < 1.29 is 32.9 Å². The van der Waals surface area contributed by atoms with Gasteiger partial charge in [0.1, 0.15) is 11.5 Å². The van der Waals surface area contributed by atoms with Crippen LogP contribution in [0.1, 0.15) is 35.7 Å². The second-order valence-electron chi connectivity index (χ2n) is 7.51. The molecule has 7 heteroatoms. The Bertz CT molecular complexity index is 1040. The van der Waals surface area contributed by atoms with Crippen LogP contribution >= 0.6 is 0 Å². The first-order valence-corrected chi connectivity index (χ1v) is 9.89. The highest BCUT2D eigenvalue weighted by Crippen LogP contribution is 2.34. The predicted octanol–water partition coefficient (Wildman–Crippen LogP) is 5.60. The Balaban J connectivity index is 1.76. The lowest BCUT2D eigenvalue weighted by Gasteiger charge is -2.16. The molecule has 3 aromatic rings. The third-order valence-electron chi connectivity index (χ3n) is 5.24. The number of benzene rings is 3. The molecule has 31 heavy (non-hydrogen) atoms. The first-order chi connectivity index (χ1) is 14.7. The average Bonchev–Trinajstić information content (AvgIpc) is 2.76. The van der Waals surface area contributed by atoms with Crippen LogP contribution in [0.5, 0.6) is 11.5 Å². The number of aliphatic hydroxyl groups excluding tert-OH is 2. The quantitative estimate of drug-likeness (QED) is 0.455. The van der Waals surface area contributed by atoms with Crippen LogP contribution in [-0.2, 0) is 6.18 Å². The molecule has 0 saturated carbocycles. The maximum absolute atomic E-state index is 12.7. The lowest BCUT2D eigenvalue weighted by Crippen LogP contribution is -2.22. The molecule has 2 N–H and O–H groups in total. The molecule has 3 rings (SSSR count). The summed E-state index contributed by atoms with van der Waals surface area (Å²) in [6.07, 6.45) is -4.56. The molecule has 0 unspecified atom stereocenters. The summed E-state index contributed by atoms with van der Waals surface area (Å²) in [5, 5.41) is 20.1. The molecule has 0 bridgehead atoms.